The minimum Gasteiger partial charge on any atom is -0.306 e. The van der Waals surface area contributed by atoms with E-state index in [-0.39, 0.29) is 11.8 Å². The summed E-state index contributed by atoms with van der Waals surface area (Å²) in [6.07, 6.45) is 26.8. The molecule has 10 nitrogen and oxygen atoms in total. The molecule has 0 aliphatic carbocycles. The van der Waals surface area contributed by atoms with E-state index in [9.17, 15) is 19.2 Å². The first-order chi connectivity index (χ1) is 28.5. The van der Waals surface area contributed by atoms with Gasteiger partial charge in [-0.15, -0.1) is 0 Å². The number of amides is 4. The second kappa shape index (κ2) is 28.4. The second-order valence-corrected chi connectivity index (χ2v) is 15.2. The van der Waals surface area contributed by atoms with Gasteiger partial charge < -0.3 is 10.6 Å². The summed E-state index contributed by atoms with van der Waals surface area (Å²) in [4.78, 5) is 59.1. The molecule has 310 valence electrons. The maximum atomic E-state index is 13.0. The Morgan fingerprint density at radius 2 is 0.690 bits per heavy atom. The number of rotatable bonds is 29. The van der Waals surface area contributed by atoms with Crippen molar-refractivity contribution in [2.75, 3.05) is 13.1 Å². The highest BCUT2D eigenvalue weighted by Gasteiger charge is 2.22. The second-order valence-electron chi connectivity index (χ2n) is 15.2. The van der Waals surface area contributed by atoms with Crippen molar-refractivity contribution in [1.29, 1.82) is 0 Å². The van der Waals surface area contributed by atoms with E-state index in [0.29, 0.717) is 24.0 Å². The molecule has 0 spiro atoms. The van der Waals surface area contributed by atoms with Crippen molar-refractivity contribution < 1.29 is 19.2 Å². The van der Waals surface area contributed by atoms with Crippen molar-refractivity contribution in [3.63, 3.8) is 0 Å². The minimum atomic E-state index is -0.480. The fourth-order valence-corrected chi connectivity index (χ4v) is 7.04. The normalized spacial score (nSPS) is 12.1. The molecule has 0 bridgehead atoms. The molecule has 2 atom stereocenters. The van der Waals surface area contributed by atoms with Crippen LogP contribution in [0.2, 0.25) is 0 Å². The van der Waals surface area contributed by atoms with E-state index in [2.05, 4.69) is 31.2 Å². The van der Waals surface area contributed by atoms with Crippen LogP contribution < -0.4 is 21.3 Å². The number of carbonyl (C=O) groups excluding carboxylic acids is 4. The van der Waals surface area contributed by atoms with E-state index in [0.717, 1.165) is 49.9 Å². The number of imide groups is 2. The van der Waals surface area contributed by atoms with Crippen molar-refractivity contribution in [1.82, 2.24) is 31.2 Å². The Hall–Kier alpha value is -5.06. The van der Waals surface area contributed by atoms with Gasteiger partial charge in [0.1, 0.15) is 0 Å². The predicted octanol–water partition coefficient (Wildman–Crippen LogP) is 8.33. The molecule has 4 amide bonds. The summed E-state index contributed by atoms with van der Waals surface area (Å²) < 4.78 is 0. The van der Waals surface area contributed by atoms with Crippen LogP contribution in [0.15, 0.2) is 110 Å². The van der Waals surface area contributed by atoms with Crippen LogP contribution in [0, 0.1) is 0 Å². The number of hydrogen-bond acceptors (Lipinski definition) is 8. The van der Waals surface area contributed by atoms with Gasteiger partial charge in [0.2, 0.25) is 11.8 Å². The van der Waals surface area contributed by atoms with Gasteiger partial charge in [0.15, 0.2) is 0 Å². The SMILES string of the molecule is O=C(NC(=O)C(Cc1ccccc1)NCCCCCCCCCCCCCCCCCCNC(Cc1ccccc1)C(=O)NC(=O)c1ccncc1)c1ccncc1. The Labute approximate surface area is 345 Å². The fraction of sp³-hybridized carbons (Fsp3) is 0.458. The molecule has 2 heterocycles. The summed E-state index contributed by atoms with van der Waals surface area (Å²) in [5.41, 5.74) is 2.94. The zero-order valence-corrected chi connectivity index (χ0v) is 34.2. The number of hydrogen-bond donors (Lipinski definition) is 4. The van der Waals surface area contributed by atoms with E-state index in [4.69, 9.17) is 0 Å². The van der Waals surface area contributed by atoms with E-state index < -0.39 is 23.9 Å². The molecule has 2 aromatic heterocycles. The monoisotopic (exact) mass is 788 g/mol. The summed E-state index contributed by atoms with van der Waals surface area (Å²) in [7, 11) is 0. The zero-order valence-electron chi connectivity index (χ0n) is 34.2. The smallest absolute Gasteiger partial charge is 0.257 e. The standard InChI is InChI=1S/C48H64N6O4/c55-45(41-27-33-49-34-28-41)53-47(57)43(37-39-23-17-15-18-24-39)51-31-21-13-11-9-7-5-3-1-2-4-6-8-10-12-14-22-32-52-44(38-40-25-19-16-20-26-40)48(58)54-46(56)42-29-35-50-36-30-42/h15-20,23-30,33-36,43-44,51-52H,1-14,21-22,31-32,37-38H2,(H,53,55,57)(H,54,56,58). The molecule has 0 radical (unpaired) electrons. The van der Waals surface area contributed by atoms with Gasteiger partial charge in [-0.1, -0.05) is 151 Å². The Bertz CT molecular complexity index is 1600. The van der Waals surface area contributed by atoms with Crippen molar-refractivity contribution in [2.24, 2.45) is 0 Å². The van der Waals surface area contributed by atoms with Crippen LogP contribution in [0.1, 0.15) is 135 Å². The van der Waals surface area contributed by atoms with Gasteiger partial charge in [-0.3, -0.25) is 39.8 Å². The van der Waals surface area contributed by atoms with Gasteiger partial charge >= 0.3 is 0 Å². The molecule has 2 unspecified atom stereocenters. The van der Waals surface area contributed by atoms with Crippen molar-refractivity contribution >= 4 is 23.6 Å². The zero-order chi connectivity index (χ0) is 40.9. The Balaban J connectivity index is 0.959. The highest BCUT2D eigenvalue weighted by atomic mass is 16.2. The Kier molecular flexibility index (Phi) is 22.3. The highest BCUT2D eigenvalue weighted by Crippen LogP contribution is 2.14. The first kappa shape index (κ1) is 45.6. The van der Waals surface area contributed by atoms with Crippen LogP contribution in [-0.4, -0.2) is 58.8 Å². The molecule has 0 saturated heterocycles. The third-order valence-electron chi connectivity index (χ3n) is 10.4. The van der Waals surface area contributed by atoms with Gasteiger partial charge in [-0.05, 0) is 74.2 Å². The number of nitrogens with one attached hydrogen (secondary N) is 4. The molecule has 4 N–H and O–H groups in total. The molecule has 4 rings (SSSR count). The van der Waals surface area contributed by atoms with Gasteiger partial charge in [0.25, 0.3) is 11.8 Å². The van der Waals surface area contributed by atoms with Gasteiger partial charge in [0.05, 0.1) is 12.1 Å². The van der Waals surface area contributed by atoms with Crippen molar-refractivity contribution in [2.45, 2.75) is 128 Å². The number of pyridine rings is 2. The maximum absolute atomic E-state index is 13.0. The third-order valence-corrected chi connectivity index (χ3v) is 10.4. The molecule has 4 aromatic rings. The lowest BCUT2D eigenvalue weighted by atomic mass is 10.0. The van der Waals surface area contributed by atoms with E-state index >= 15 is 0 Å². The van der Waals surface area contributed by atoms with Crippen molar-refractivity contribution in [3.05, 3.63) is 132 Å². The van der Waals surface area contributed by atoms with Crippen LogP contribution in [0.5, 0.6) is 0 Å². The average Bonchev–Trinajstić information content (AvgIpc) is 3.26. The lowest BCUT2D eigenvalue weighted by Crippen LogP contribution is -2.47. The number of carbonyl (C=O) groups is 4. The number of aromatic nitrogens is 2. The highest BCUT2D eigenvalue weighted by molar-refractivity contribution is 6.06. The summed E-state index contributed by atoms with van der Waals surface area (Å²) in [6.45, 7) is 1.47. The Morgan fingerprint density at radius 3 is 1.00 bits per heavy atom. The topological polar surface area (TPSA) is 142 Å². The van der Waals surface area contributed by atoms with Gasteiger partial charge in [-0.25, -0.2) is 0 Å². The van der Waals surface area contributed by atoms with Gasteiger partial charge in [-0.2, -0.15) is 0 Å². The lowest BCUT2D eigenvalue weighted by molar-refractivity contribution is -0.123. The van der Waals surface area contributed by atoms with Crippen molar-refractivity contribution in [3.8, 4) is 0 Å². The summed E-state index contributed by atoms with van der Waals surface area (Å²) in [6, 6.07) is 25.2. The maximum Gasteiger partial charge on any atom is 0.257 e. The fourth-order valence-electron chi connectivity index (χ4n) is 7.04. The number of nitrogens with zero attached hydrogens (tertiary/aromatic N) is 2. The Morgan fingerprint density at radius 1 is 0.397 bits per heavy atom. The quantitative estimate of drug-likeness (QED) is 0.0403. The third kappa shape index (κ3) is 18.9. The molecule has 0 aliphatic rings. The van der Waals surface area contributed by atoms with Crippen LogP contribution in [0.4, 0.5) is 0 Å². The van der Waals surface area contributed by atoms with Crippen LogP contribution in [0.3, 0.4) is 0 Å². The lowest BCUT2D eigenvalue weighted by Gasteiger charge is -2.18. The van der Waals surface area contributed by atoms with E-state index in [1.165, 1.54) is 77.0 Å². The first-order valence-corrected chi connectivity index (χ1v) is 21.5. The van der Waals surface area contributed by atoms with E-state index in [1.54, 1.807) is 49.1 Å². The number of unbranched alkanes of at least 4 members (excludes halogenated alkanes) is 15. The largest absolute Gasteiger partial charge is 0.306 e. The van der Waals surface area contributed by atoms with Gasteiger partial charge in [0, 0.05) is 35.9 Å². The average molecular weight is 789 g/mol. The van der Waals surface area contributed by atoms with Crippen LogP contribution in [-0.2, 0) is 22.4 Å². The molecule has 0 aliphatic heterocycles. The molecule has 2 aromatic carbocycles. The first-order valence-electron chi connectivity index (χ1n) is 21.5. The molecule has 58 heavy (non-hydrogen) atoms. The molecule has 0 fully saturated rings. The predicted molar refractivity (Wildman–Crippen MR) is 231 cm³/mol. The summed E-state index contributed by atoms with van der Waals surface area (Å²) in [5, 5.41) is 11.9. The molecule has 10 heteroatoms. The molecular formula is C48H64N6O4. The van der Waals surface area contributed by atoms with Crippen LogP contribution >= 0.6 is 0 Å². The molecular weight excluding hydrogens is 725 g/mol. The number of benzene rings is 2. The molecule has 0 saturated carbocycles. The minimum absolute atomic E-state index is 0.307. The van der Waals surface area contributed by atoms with Crippen LogP contribution in [0.25, 0.3) is 0 Å². The van der Waals surface area contributed by atoms with E-state index in [1.807, 2.05) is 60.7 Å². The summed E-state index contributed by atoms with van der Waals surface area (Å²) in [5.74, 6) is -1.43. The summed E-state index contributed by atoms with van der Waals surface area (Å²) >= 11 is 0.